The van der Waals surface area contributed by atoms with Gasteiger partial charge < -0.3 is 21.0 Å². The van der Waals surface area contributed by atoms with E-state index in [4.69, 9.17) is 15.7 Å². The molecule has 0 heterocycles. The number of methoxy groups -OCH3 is 1. The lowest BCUT2D eigenvalue weighted by molar-refractivity contribution is -0.117. The molecular weight excluding hydrogens is 241 g/mol. The third kappa shape index (κ3) is 3.09. The Labute approximate surface area is 103 Å². The van der Waals surface area contributed by atoms with Crippen molar-refractivity contribution in [2.75, 3.05) is 12.4 Å². The van der Waals surface area contributed by atoms with Crippen LogP contribution in [0.5, 0.6) is 5.75 Å². The Bertz CT molecular complexity index is 477. The van der Waals surface area contributed by atoms with Gasteiger partial charge in [-0.1, -0.05) is 5.16 Å². The number of ether oxygens (including phenoxy) is 1. The minimum Gasteiger partial charge on any atom is -0.494 e. The zero-order valence-electron chi connectivity index (χ0n) is 9.98. The summed E-state index contributed by atoms with van der Waals surface area (Å²) in [7, 11) is 1.36. The van der Waals surface area contributed by atoms with Crippen LogP contribution in [0.2, 0.25) is 0 Å². The van der Waals surface area contributed by atoms with E-state index in [1.165, 1.54) is 26.2 Å². The minimum atomic E-state index is -0.815. The lowest BCUT2D eigenvalue weighted by Gasteiger charge is -2.13. The number of amidine groups is 1. The third-order valence-electron chi connectivity index (χ3n) is 2.37. The maximum absolute atomic E-state index is 12.9. The Kier molecular flexibility index (Phi) is 4.47. The number of amides is 1. The fraction of sp³-hybridized carbons (Fsp3) is 0.273. The molecule has 0 aliphatic rings. The van der Waals surface area contributed by atoms with E-state index in [9.17, 15) is 9.18 Å². The molecule has 1 atom stereocenters. The molecule has 0 spiro atoms. The lowest BCUT2D eigenvalue weighted by Crippen LogP contribution is -2.32. The Morgan fingerprint density at radius 2 is 2.28 bits per heavy atom. The molecule has 6 nitrogen and oxygen atoms in total. The van der Waals surface area contributed by atoms with Crippen molar-refractivity contribution in [3.8, 4) is 5.75 Å². The van der Waals surface area contributed by atoms with Gasteiger partial charge in [0.2, 0.25) is 5.91 Å². The van der Waals surface area contributed by atoms with Gasteiger partial charge in [0, 0.05) is 6.07 Å². The second kappa shape index (κ2) is 5.85. The van der Waals surface area contributed by atoms with E-state index in [-0.39, 0.29) is 11.6 Å². The van der Waals surface area contributed by atoms with Crippen LogP contribution >= 0.6 is 0 Å². The maximum Gasteiger partial charge on any atom is 0.235 e. The summed E-state index contributed by atoms with van der Waals surface area (Å²) in [6, 6.07) is 3.70. The molecule has 4 N–H and O–H groups in total. The molecule has 0 aliphatic heterocycles. The topological polar surface area (TPSA) is 96.9 Å². The van der Waals surface area contributed by atoms with Gasteiger partial charge in [0.15, 0.2) is 5.84 Å². The second-order valence-electron chi connectivity index (χ2n) is 3.58. The van der Waals surface area contributed by atoms with Gasteiger partial charge in [-0.15, -0.1) is 0 Å². The van der Waals surface area contributed by atoms with Crippen LogP contribution in [0.15, 0.2) is 23.4 Å². The normalized spacial score (nSPS) is 12.9. The van der Waals surface area contributed by atoms with Crippen molar-refractivity contribution < 1.29 is 19.1 Å². The summed E-state index contributed by atoms with van der Waals surface area (Å²) in [4.78, 5) is 11.7. The molecule has 1 rings (SSSR count). The van der Waals surface area contributed by atoms with Gasteiger partial charge in [-0.05, 0) is 19.1 Å². The number of nitrogens with one attached hydrogen (secondary N) is 1. The molecule has 0 saturated carbocycles. The smallest absolute Gasteiger partial charge is 0.235 e. The zero-order valence-corrected chi connectivity index (χ0v) is 9.98. The highest BCUT2D eigenvalue weighted by Gasteiger charge is 2.19. The highest BCUT2D eigenvalue weighted by Crippen LogP contribution is 2.25. The van der Waals surface area contributed by atoms with Gasteiger partial charge in [-0.25, -0.2) is 4.39 Å². The molecule has 0 radical (unpaired) electrons. The average Bonchev–Trinajstić information content (AvgIpc) is 2.38. The number of rotatable bonds is 4. The SMILES string of the molecule is COc1cc(F)ccc1NC(=O)C(C)C(N)=NO. The fourth-order valence-electron chi connectivity index (χ4n) is 1.23. The number of benzene rings is 1. The number of carbonyl (C=O) groups is 1. The first kappa shape index (κ1) is 13.8. The summed E-state index contributed by atoms with van der Waals surface area (Å²) >= 11 is 0. The molecule has 18 heavy (non-hydrogen) atoms. The highest BCUT2D eigenvalue weighted by atomic mass is 19.1. The first-order valence-corrected chi connectivity index (χ1v) is 5.11. The zero-order chi connectivity index (χ0) is 13.7. The van der Waals surface area contributed by atoms with Crippen molar-refractivity contribution in [1.29, 1.82) is 0 Å². The molecule has 1 unspecified atom stereocenters. The van der Waals surface area contributed by atoms with Crippen molar-refractivity contribution >= 4 is 17.4 Å². The highest BCUT2D eigenvalue weighted by molar-refractivity contribution is 6.07. The Hall–Kier alpha value is -2.31. The van der Waals surface area contributed by atoms with E-state index >= 15 is 0 Å². The van der Waals surface area contributed by atoms with E-state index < -0.39 is 17.6 Å². The molecule has 0 aromatic heterocycles. The van der Waals surface area contributed by atoms with Crippen molar-refractivity contribution in [3.05, 3.63) is 24.0 Å². The van der Waals surface area contributed by atoms with Gasteiger partial charge in [-0.3, -0.25) is 4.79 Å². The number of anilines is 1. The molecule has 0 saturated heterocycles. The largest absolute Gasteiger partial charge is 0.494 e. The van der Waals surface area contributed by atoms with Crippen LogP contribution < -0.4 is 15.8 Å². The van der Waals surface area contributed by atoms with E-state index in [1.54, 1.807) is 0 Å². The van der Waals surface area contributed by atoms with Crippen molar-refractivity contribution in [3.63, 3.8) is 0 Å². The molecule has 1 aromatic rings. The predicted molar refractivity (Wildman–Crippen MR) is 64.2 cm³/mol. The molecule has 1 aromatic carbocycles. The maximum atomic E-state index is 12.9. The van der Waals surface area contributed by atoms with Crippen LogP contribution in [0.1, 0.15) is 6.92 Å². The standard InChI is InChI=1S/C11H14FN3O3/c1-6(10(13)15-17)11(16)14-8-4-3-7(12)5-9(8)18-2/h3-6,17H,1-2H3,(H2,13,15)(H,14,16). The summed E-state index contributed by atoms with van der Waals surface area (Å²) in [6.45, 7) is 1.47. The van der Waals surface area contributed by atoms with Crippen LogP contribution in [0, 0.1) is 11.7 Å². The van der Waals surface area contributed by atoms with Gasteiger partial charge in [-0.2, -0.15) is 0 Å². The summed E-state index contributed by atoms with van der Waals surface area (Å²) in [5.41, 5.74) is 5.62. The van der Waals surface area contributed by atoms with Gasteiger partial charge in [0.1, 0.15) is 11.6 Å². The number of nitrogens with two attached hydrogens (primary N) is 1. The number of halogens is 1. The van der Waals surface area contributed by atoms with E-state index in [0.717, 1.165) is 6.07 Å². The predicted octanol–water partition coefficient (Wildman–Crippen LogP) is 1.16. The summed E-state index contributed by atoms with van der Waals surface area (Å²) in [6.07, 6.45) is 0. The Morgan fingerprint density at radius 3 is 2.83 bits per heavy atom. The van der Waals surface area contributed by atoms with Crippen molar-refractivity contribution in [1.82, 2.24) is 0 Å². The molecule has 98 valence electrons. The van der Waals surface area contributed by atoms with Crippen LogP contribution in [0.25, 0.3) is 0 Å². The number of carbonyl (C=O) groups excluding carboxylic acids is 1. The molecular formula is C11H14FN3O3. The fourth-order valence-corrected chi connectivity index (χ4v) is 1.23. The van der Waals surface area contributed by atoms with Crippen LogP contribution in [-0.4, -0.2) is 24.1 Å². The summed E-state index contributed by atoms with van der Waals surface area (Å²) in [5, 5.41) is 13.7. The lowest BCUT2D eigenvalue weighted by atomic mass is 10.1. The van der Waals surface area contributed by atoms with Crippen molar-refractivity contribution in [2.24, 2.45) is 16.8 Å². The number of oxime groups is 1. The van der Waals surface area contributed by atoms with Crippen LogP contribution in [0.3, 0.4) is 0 Å². The molecule has 0 fully saturated rings. The van der Waals surface area contributed by atoms with Crippen LogP contribution in [-0.2, 0) is 4.79 Å². The van der Waals surface area contributed by atoms with E-state index in [2.05, 4.69) is 10.5 Å². The molecule has 0 bridgehead atoms. The molecule has 1 amide bonds. The summed E-state index contributed by atoms with van der Waals surface area (Å²) < 4.78 is 17.9. The number of nitrogens with zero attached hydrogens (tertiary/aromatic N) is 1. The first-order valence-electron chi connectivity index (χ1n) is 5.11. The number of hydrogen-bond donors (Lipinski definition) is 3. The second-order valence-corrected chi connectivity index (χ2v) is 3.58. The van der Waals surface area contributed by atoms with E-state index in [1.807, 2.05) is 0 Å². The van der Waals surface area contributed by atoms with Gasteiger partial charge >= 0.3 is 0 Å². The van der Waals surface area contributed by atoms with Crippen LogP contribution in [0.4, 0.5) is 10.1 Å². The number of hydrogen-bond acceptors (Lipinski definition) is 4. The third-order valence-corrected chi connectivity index (χ3v) is 2.37. The monoisotopic (exact) mass is 255 g/mol. The van der Waals surface area contributed by atoms with Gasteiger partial charge in [0.25, 0.3) is 0 Å². The quantitative estimate of drug-likeness (QED) is 0.325. The van der Waals surface area contributed by atoms with Crippen molar-refractivity contribution in [2.45, 2.75) is 6.92 Å². The van der Waals surface area contributed by atoms with Gasteiger partial charge in [0.05, 0.1) is 18.7 Å². The first-order chi connectivity index (χ1) is 8.49. The van der Waals surface area contributed by atoms with E-state index in [0.29, 0.717) is 5.69 Å². The molecule has 7 heteroatoms. The summed E-state index contributed by atoms with van der Waals surface area (Å²) in [5.74, 6) is -1.81. The minimum absolute atomic E-state index is 0.190. The average molecular weight is 255 g/mol. The Morgan fingerprint density at radius 1 is 1.61 bits per heavy atom. The Balaban J connectivity index is 2.88. The molecule has 0 aliphatic carbocycles.